The van der Waals surface area contributed by atoms with Gasteiger partial charge in [-0.25, -0.2) is 96.6 Å². The summed E-state index contributed by atoms with van der Waals surface area (Å²) in [6.07, 6.45) is 0. The number of benzene rings is 5. The standard InChI is InChI=1S/C30F22/c31-9-2(5-13(35)21(43)28(50)22(44)14(5)36)1(4-11(33)19(41)27(49)20(42)12(4)34)3(6-15(37)23(45)29(51)24(46)16(6)38)10(32)7(9)8-17(39)25(47)30(52)26(48)18(8)40. The zero-order chi connectivity index (χ0) is 39.3. The minimum Gasteiger partial charge on any atom is -0.205 e. The molecule has 0 nitrogen and oxygen atoms in total. The molecular weight excluding hydrogens is 778 g/mol. The molecule has 0 aromatic heterocycles. The summed E-state index contributed by atoms with van der Waals surface area (Å²) in [6, 6.07) is 0. The number of halogens is 22. The van der Waals surface area contributed by atoms with Crippen LogP contribution in [0.25, 0.3) is 44.5 Å². The van der Waals surface area contributed by atoms with Gasteiger partial charge in [0.15, 0.2) is 93.1 Å². The van der Waals surface area contributed by atoms with E-state index < -0.39 is 172 Å². The molecule has 52 heavy (non-hydrogen) atoms. The van der Waals surface area contributed by atoms with Crippen LogP contribution in [0.2, 0.25) is 0 Å². The van der Waals surface area contributed by atoms with Crippen LogP contribution in [-0.2, 0) is 0 Å². The van der Waals surface area contributed by atoms with Crippen LogP contribution in [0.5, 0.6) is 0 Å². The smallest absolute Gasteiger partial charge is 0.200 e. The second kappa shape index (κ2) is 12.7. The molecule has 5 aromatic carbocycles. The van der Waals surface area contributed by atoms with Crippen molar-refractivity contribution in [2.45, 2.75) is 0 Å². The largest absolute Gasteiger partial charge is 0.205 e. The SMILES string of the molecule is Fc1c(F)c(F)c(-c2c(F)c(-c3c(F)c(F)c(F)c(F)c3F)c(-c3c(F)c(F)c(F)c(F)c3F)c(-c3c(F)c(F)c(F)c(F)c3F)c2F)c(F)c1F. The molecule has 0 fully saturated rings. The summed E-state index contributed by atoms with van der Waals surface area (Å²) in [7, 11) is 0. The van der Waals surface area contributed by atoms with Gasteiger partial charge < -0.3 is 0 Å². The Bertz CT molecular complexity index is 2220. The zero-order valence-electron chi connectivity index (χ0n) is 23.3. The number of hydrogen-bond acceptors (Lipinski definition) is 0. The molecule has 0 heterocycles. The van der Waals surface area contributed by atoms with E-state index in [-0.39, 0.29) is 0 Å². The molecule has 0 amide bonds. The molecular formula is C30F22. The molecule has 0 saturated carbocycles. The fraction of sp³-hybridized carbons (Fsp3) is 0. The lowest BCUT2D eigenvalue weighted by atomic mass is 9.82. The zero-order valence-corrected chi connectivity index (χ0v) is 23.3. The lowest BCUT2D eigenvalue weighted by Gasteiger charge is -2.24. The van der Waals surface area contributed by atoms with Crippen LogP contribution >= 0.6 is 0 Å². The Kier molecular flexibility index (Phi) is 9.20. The monoisotopic (exact) mass is 778 g/mol. The topological polar surface area (TPSA) is 0 Å². The number of rotatable bonds is 4. The molecule has 0 aliphatic carbocycles. The molecule has 0 saturated heterocycles. The van der Waals surface area contributed by atoms with Crippen molar-refractivity contribution in [2.75, 3.05) is 0 Å². The van der Waals surface area contributed by atoms with Gasteiger partial charge in [-0.15, -0.1) is 0 Å². The van der Waals surface area contributed by atoms with Crippen molar-refractivity contribution in [2.24, 2.45) is 0 Å². The maximum Gasteiger partial charge on any atom is 0.200 e. The maximum absolute atomic E-state index is 16.5. The molecule has 0 radical (unpaired) electrons. The fourth-order valence-corrected chi connectivity index (χ4v) is 4.93. The van der Waals surface area contributed by atoms with Crippen LogP contribution in [0.3, 0.4) is 0 Å². The molecule has 5 rings (SSSR count). The molecule has 0 unspecified atom stereocenters. The Hall–Kier alpha value is -5.44. The maximum atomic E-state index is 16.5. The minimum atomic E-state index is -3.53. The quantitative estimate of drug-likeness (QED) is 0.0969. The molecule has 22 heteroatoms. The van der Waals surface area contributed by atoms with Crippen molar-refractivity contribution in [3.05, 3.63) is 128 Å². The van der Waals surface area contributed by atoms with Gasteiger partial charge in [0, 0.05) is 16.7 Å². The van der Waals surface area contributed by atoms with E-state index in [2.05, 4.69) is 0 Å². The molecule has 0 atom stereocenters. The molecule has 0 N–H and O–H groups in total. The van der Waals surface area contributed by atoms with Crippen LogP contribution in [0.15, 0.2) is 0 Å². The molecule has 0 aliphatic rings. The summed E-state index contributed by atoms with van der Waals surface area (Å²) in [4.78, 5) is 0. The first-order chi connectivity index (χ1) is 24.0. The van der Waals surface area contributed by atoms with Crippen LogP contribution in [0, 0.1) is 128 Å². The van der Waals surface area contributed by atoms with E-state index in [1.165, 1.54) is 0 Å². The second-order valence-corrected chi connectivity index (χ2v) is 9.91. The Morgan fingerprint density at radius 2 is 0.212 bits per heavy atom. The lowest BCUT2D eigenvalue weighted by molar-refractivity contribution is 0.378. The van der Waals surface area contributed by atoms with E-state index in [9.17, 15) is 61.5 Å². The summed E-state index contributed by atoms with van der Waals surface area (Å²) >= 11 is 0. The fourth-order valence-electron chi connectivity index (χ4n) is 4.93. The van der Waals surface area contributed by atoms with E-state index in [1.807, 2.05) is 0 Å². The Labute approximate surface area is 269 Å². The highest BCUT2D eigenvalue weighted by Gasteiger charge is 2.42. The van der Waals surface area contributed by atoms with Gasteiger partial charge in [-0.2, -0.15) is 0 Å². The van der Waals surface area contributed by atoms with Crippen LogP contribution in [0.4, 0.5) is 96.6 Å². The summed E-state index contributed by atoms with van der Waals surface area (Å²) < 4.78 is 325. The molecule has 274 valence electrons. The molecule has 5 aromatic rings. The Morgan fingerprint density at radius 3 is 0.404 bits per heavy atom. The van der Waals surface area contributed by atoms with Crippen molar-refractivity contribution in [3.63, 3.8) is 0 Å². The summed E-state index contributed by atoms with van der Waals surface area (Å²) in [5.41, 5.74) is -25.1. The summed E-state index contributed by atoms with van der Waals surface area (Å²) in [5.74, 6) is -73.6. The van der Waals surface area contributed by atoms with E-state index in [0.717, 1.165) is 0 Å². The molecule has 0 aliphatic heterocycles. The Morgan fingerprint density at radius 1 is 0.0962 bits per heavy atom. The van der Waals surface area contributed by atoms with E-state index in [4.69, 9.17) is 0 Å². The second-order valence-electron chi connectivity index (χ2n) is 9.91. The molecule has 0 spiro atoms. The van der Waals surface area contributed by atoms with Crippen molar-refractivity contribution < 1.29 is 96.6 Å². The van der Waals surface area contributed by atoms with E-state index in [0.29, 0.717) is 0 Å². The minimum absolute atomic E-state index is 3.06. The van der Waals surface area contributed by atoms with Crippen LogP contribution in [0.1, 0.15) is 0 Å². The van der Waals surface area contributed by atoms with Crippen LogP contribution in [-0.4, -0.2) is 0 Å². The highest BCUT2D eigenvalue weighted by molar-refractivity contribution is 5.99. The van der Waals surface area contributed by atoms with Crippen LogP contribution < -0.4 is 0 Å². The van der Waals surface area contributed by atoms with Gasteiger partial charge in [0.2, 0.25) is 23.3 Å². The summed E-state index contributed by atoms with van der Waals surface area (Å²) in [6.45, 7) is 0. The molecule has 0 bridgehead atoms. The van der Waals surface area contributed by atoms with E-state index >= 15 is 35.1 Å². The van der Waals surface area contributed by atoms with E-state index in [1.54, 1.807) is 0 Å². The first kappa shape index (κ1) is 37.8. The predicted octanol–water partition coefficient (Wildman–Crippen LogP) is 11.4. The number of hydrogen-bond donors (Lipinski definition) is 0. The van der Waals surface area contributed by atoms with Crippen molar-refractivity contribution in [3.8, 4) is 44.5 Å². The van der Waals surface area contributed by atoms with Crippen molar-refractivity contribution in [1.29, 1.82) is 0 Å². The van der Waals surface area contributed by atoms with Gasteiger partial charge in [-0.05, 0) is 0 Å². The first-order valence-corrected chi connectivity index (χ1v) is 12.7. The van der Waals surface area contributed by atoms with Crippen molar-refractivity contribution in [1.82, 2.24) is 0 Å². The van der Waals surface area contributed by atoms with Crippen molar-refractivity contribution >= 4 is 0 Å². The van der Waals surface area contributed by atoms with Gasteiger partial charge in [0.05, 0.1) is 27.8 Å². The average molecular weight is 778 g/mol. The highest BCUT2D eigenvalue weighted by Crippen LogP contribution is 2.53. The normalized spacial score (nSPS) is 11.7. The van der Waals surface area contributed by atoms with Gasteiger partial charge in [0.1, 0.15) is 11.6 Å². The van der Waals surface area contributed by atoms with Gasteiger partial charge >= 0.3 is 0 Å². The first-order valence-electron chi connectivity index (χ1n) is 12.7. The third kappa shape index (κ3) is 4.96. The Balaban J connectivity index is 2.33. The predicted molar refractivity (Wildman–Crippen MR) is 127 cm³/mol. The average Bonchev–Trinajstić information content (AvgIpc) is 3.11. The van der Waals surface area contributed by atoms with Gasteiger partial charge in [-0.1, -0.05) is 0 Å². The third-order valence-electron chi connectivity index (χ3n) is 7.22. The highest BCUT2D eigenvalue weighted by atomic mass is 19.2. The van der Waals surface area contributed by atoms with Gasteiger partial charge in [-0.3, -0.25) is 0 Å². The summed E-state index contributed by atoms with van der Waals surface area (Å²) in [5, 5.41) is 0. The third-order valence-corrected chi connectivity index (χ3v) is 7.22. The lowest BCUT2D eigenvalue weighted by Crippen LogP contribution is -2.14. The van der Waals surface area contributed by atoms with Gasteiger partial charge in [0.25, 0.3) is 0 Å².